The van der Waals surface area contributed by atoms with Gasteiger partial charge in [0.05, 0.1) is 10.2 Å². The fraction of sp³-hybridized carbons (Fsp3) is 0.316. The first-order valence-corrected chi connectivity index (χ1v) is 9.48. The minimum absolute atomic E-state index is 0.0277. The Bertz CT molecular complexity index is 906. The van der Waals surface area contributed by atoms with Crippen molar-refractivity contribution in [3.8, 4) is 0 Å². The van der Waals surface area contributed by atoms with E-state index < -0.39 is 0 Å². The zero-order valence-electron chi connectivity index (χ0n) is 14.2. The third kappa shape index (κ3) is 3.67. The number of rotatable bonds is 4. The van der Waals surface area contributed by atoms with Crippen LogP contribution in [0, 0.1) is 11.7 Å². The number of fused-ring (bicyclic) bond motifs is 1. The minimum atomic E-state index is -0.239. The van der Waals surface area contributed by atoms with Crippen molar-refractivity contribution >= 4 is 32.6 Å². The Morgan fingerprint density at radius 2 is 2.00 bits per heavy atom. The Kier molecular flexibility index (Phi) is 4.79. The number of aromatic nitrogens is 2. The summed E-state index contributed by atoms with van der Waals surface area (Å²) in [6.45, 7) is 2.11. The van der Waals surface area contributed by atoms with Crippen molar-refractivity contribution in [3.63, 3.8) is 0 Å². The molecule has 0 spiro atoms. The molecule has 2 aromatic heterocycles. The third-order valence-corrected chi connectivity index (χ3v) is 5.77. The predicted molar refractivity (Wildman–Crippen MR) is 101 cm³/mol. The molecule has 0 saturated carbocycles. The molecule has 1 aromatic carbocycles. The molecule has 3 aromatic rings. The average molecular weight is 370 g/mol. The molecular weight excluding hydrogens is 351 g/mol. The Balaban J connectivity index is 1.33. The van der Waals surface area contributed by atoms with Crippen molar-refractivity contribution in [3.05, 3.63) is 54.1 Å². The van der Waals surface area contributed by atoms with Crippen molar-refractivity contribution in [2.45, 2.75) is 19.4 Å². The van der Waals surface area contributed by atoms with Crippen molar-refractivity contribution in [2.75, 3.05) is 18.0 Å². The fourth-order valence-corrected chi connectivity index (χ4v) is 4.23. The molecule has 5 nitrogen and oxygen atoms in total. The number of halogens is 1. The molecule has 0 bridgehead atoms. The zero-order valence-corrected chi connectivity index (χ0v) is 15.0. The summed E-state index contributed by atoms with van der Waals surface area (Å²) < 4.78 is 14.2. The number of piperidine rings is 1. The van der Waals surface area contributed by atoms with Gasteiger partial charge in [0.1, 0.15) is 5.82 Å². The van der Waals surface area contributed by atoms with E-state index in [0.717, 1.165) is 46.8 Å². The number of thiazole rings is 1. The van der Waals surface area contributed by atoms with Gasteiger partial charge in [0, 0.05) is 37.9 Å². The van der Waals surface area contributed by atoms with Gasteiger partial charge in [-0.3, -0.25) is 9.78 Å². The van der Waals surface area contributed by atoms with Crippen LogP contribution in [0.1, 0.15) is 18.4 Å². The molecule has 7 heteroatoms. The van der Waals surface area contributed by atoms with E-state index in [0.29, 0.717) is 6.54 Å². The largest absolute Gasteiger partial charge is 0.352 e. The maximum atomic E-state index is 13.3. The molecule has 0 radical (unpaired) electrons. The Labute approximate surface area is 154 Å². The van der Waals surface area contributed by atoms with E-state index in [9.17, 15) is 9.18 Å². The molecule has 0 atom stereocenters. The highest BCUT2D eigenvalue weighted by molar-refractivity contribution is 7.22. The maximum absolute atomic E-state index is 13.3. The smallest absolute Gasteiger partial charge is 0.223 e. The van der Waals surface area contributed by atoms with E-state index in [-0.39, 0.29) is 17.6 Å². The normalized spacial score (nSPS) is 15.3. The molecule has 134 valence electrons. The number of nitrogens with one attached hydrogen (secondary N) is 1. The summed E-state index contributed by atoms with van der Waals surface area (Å²) in [6, 6.07) is 8.47. The van der Waals surface area contributed by atoms with E-state index in [2.05, 4.69) is 20.2 Å². The van der Waals surface area contributed by atoms with Gasteiger partial charge in [-0.05, 0) is 48.7 Å². The monoisotopic (exact) mass is 370 g/mol. The lowest BCUT2D eigenvalue weighted by Crippen LogP contribution is -2.40. The lowest BCUT2D eigenvalue weighted by atomic mass is 9.96. The molecule has 1 aliphatic rings. The van der Waals surface area contributed by atoms with Gasteiger partial charge in [0.25, 0.3) is 0 Å². The van der Waals surface area contributed by atoms with Gasteiger partial charge in [0.2, 0.25) is 5.91 Å². The predicted octanol–water partition coefficient (Wildman–Crippen LogP) is 3.36. The van der Waals surface area contributed by atoms with Crippen molar-refractivity contribution in [1.29, 1.82) is 0 Å². The quantitative estimate of drug-likeness (QED) is 0.765. The summed E-state index contributed by atoms with van der Waals surface area (Å²) >= 11 is 1.50. The molecule has 1 saturated heterocycles. The van der Waals surface area contributed by atoms with Gasteiger partial charge in [-0.1, -0.05) is 11.3 Å². The van der Waals surface area contributed by atoms with Crippen LogP contribution in [-0.4, -0.2) is 29.0 Å². The Morgan fingerprint density at radius 3 is 2.77 bits per heavy atom. The molecule has 0 aliphatic carbocycles. The lowest BCUT2D eigenvalue weighted by molar-refractivity contribution is -0.125. The van der Waals surface area contributed by atoms with Crippen LogP contribution >= 0.6 is 11.3 Å². The SMILES string of the molecule is O=C(NCc1ccncc1)C1CCN(c2nc3ccc(F)cc3s2)CC1. The third-order valence-electron chi connectivity index (χ3n) is 4.69. The molecule has 1 aliphatic heterocycles. The highest BCUT2D eigenvalue weighted by atomic mass is 32.1. The zero-order chi connectivity index (χ0) is 17.9. The first-order valence-electron chi connectivity index (χ1n) is 8.67. The van der Waals surface area contributed by atoms with Crippen LogP contribution in [0.2, 0.25) is 0 Å². The second-order valence-corrected chi connectivity index (χ2v) is 7.45. The summed E-state index contributed by atoms with van der Waals surface area (Å²) in [6.07, 6.45) is 5.05. The first kappa shape index (κ1) is 16.9. The second-order valence-electron chi connectivity index (χ2n) is 6.44. The molecule has 1 amide bonds. The number of pyridine rings is 1. The molecule has 0 unspecified atom stereocenters. The summed E-state index contributed by atoms with van der Waals surface area (Å²) in [5, 5.41) is 3.91. The first-order chi connectivity index (χ1) is 12.7. The van der Waals surface area contributed by atoms with Gasteiger partial charge in [0.15, 0.2) is 5.13 Å². The summed E-state index contributed by atoms with van der Waals surface area (Å²) in [5.41, 5.74) is 1.87. The molecule has 4 rings (SSSR count). The van der Waals surface area contributed by atoms with Crippen LogP contribution in [0.25, 0.3) is 10.2 Å². The van der Waals surface area contributed by atoms with Crippen molar-refractivity contribution < 1.29 is 9.18 Å². The van der Waals surface area contributed by atoms with Crippen LogP contribution < -0.4 is 10.2 Å². The van der Waals surface area contributed by atoms with Gasteiger partial charge >= 0.3 is 0 Å². The number of carbonyl (C=O) groups excluding carboxylic acids is 1. The van der Waals surface area contributed by atoms with Crippen LogP contribution in [0.15, 0.2) is 42.7 Å². The number of hydrogen-bond donors (Lipinski definition) is 1. The second kappa shape index (κ2) is 7.37. The number of carbonyl (C=O) groups is 1. The number of amides is 1. The maximum Gasteiger partial charge on any atom is 0.223 e. The van der Waals surface area contributed by atoms with Gasteiger partial charge in [-0.2, -0.15) is 0 Å². The molecule has 1 N–H and O–H groups in total. The van der Waals surface area contributed by atoms with E-state index in [1.54, 1.807) is 18.5 Å². The highest BCUT2D eigenvalue weighted by Gasteiger charge is 2.26. The van der Waals surface area contributed by atoms with Gasteiger partial charge in [-0.15, -0.1) is 0 Å². The summed E-state index contributed by atoms with van der Waals surface area (Å²) in [5.74, 6) is -0.106. The summed E-state index contributed by atoms with van der Waals surface area (Å²) in [4.78, 5) is 23.2. The number of anilines is 1. The van der Waals surface area contributed by atoms with Crippen LogP contribution in [0.4, 0.5) is 9.52 Å². The minimum Gasteiger partial charge on any atom is -0.352 e. The molecule has 3 heterocycles. The van der Waals surface area contributed by atoms with Crippen LogP contribution in [0.3, 0.4) is 0 Å². The standard InChI is InChI=1S/C19H19FN4OS/c20-15-1-2-16-17(11-15)26-19(23-16)24-9-5-14(6-10-24)18(25)22-12-13-3-7-21-8-4-13/h1-4,7-8,11,14H,5-6,9-10,12H2,(H,22,25). The van der Waals surface area contributed by atoms with Crippen LogP contribution in [0.5, 0.6) is 0 Å². The topological polar surface area (TPSA) is 58.1 Å². The molecular formula is C19H19FN4OS. The highest BCUT2D eigenvalue weighted by Crippen LogP contribution is 2.31. The Morgan fingerprint density at radius 1 is 1.23 bits per heavy atom. The number of nitrogens with zero attached hydrogens (tertiary/aromatic N) is 3. The fourth-order valence-electron chi connectivity index (χ4n) is 3.19. The van der Waals surface area contributed by atoms with E-state index >= 15 is 0 Å². The molecule has 1 fully saturated rings. The van der Waals surface area contributed by atoms with Crippen molar-refractivity contribution in [2.24, 2.45) is 5.92 Å². The number of benzene rings is 1. The van der Waals surface area contributed by atoms with Crippen molar-refractivity contribution in [1.82, 2.24) is 15.3 Å². The number of hydrogen-bond acceptors (Lipinski definition) is 5. The van der Waals surface area contributed by atoms with Gasteiger partial charge in [-0.25, -0.2) is 9.37 Å². The Hall–Kier alpha value is -2.54. The van der Waals surface area contributed by atoms with E-state index in [1.165, 1.54) is 23.5 Å². The lowest BCUT2D eigenvalue weighted by Gasteiger charge is -2.31. The summed E-state index contributed by atoms with van der Waals surface area (Å²) in [7, 11) is 0. The van der Waals surface area contributed by atoms with E-state index in [1.807, 2.05) is 12.1 Å². The average Bonchev–Trinajstić information content (AvgIpc) is 3.10. The van der Waals surface area contributed by atoms with E-state index in [4.69, 9.17) is 0 Å². The van der Waals surface area contributed by atoms with Crippen LogP contribution in [-0.2, 0) is 11.3 Å². The van der Waals surface area contributed by atoms with Gasteiger partial charge < -0.3 is 10.2 Å². The molecule has 26 heavy (non-hydrogen) atoms.